The molecule has 0 unspecified atom stereocenters. The highest BCUT2D eigenvalue weighted by molar-refractivity contribution is 6.36. The smallest absolute Gasteiger partial charge is 0.320 e. The molecule has 1 aromatic rings. The maximum atomic E-state index is 11.2. The van der Waals surface area contributed by atoms with Gasteiger partial charge in [0.05, 0.1) is 0 Å². The third-order valence-electron chi connectivity index (χ3n) is 1.95. The van der Waals surface area contributed by atoms with Gasteiger partial charge in [-0.1, -0.05) is 5.46 Å². The Morgan fingerprint density at radius 1 is 1.56 bits per heavy atom. The first-order valence-corrected chi connectivity index (χ1v) is 4.86. The van der Waals surface area contributed by atoms with E-state index in [-0.39, 0.29) is 6.03 Å². The summed E-state index contributed by atoms with van der Waals surface area (Å²) in [6.07, 6.45) is 1.49. The number of hydrogen-bond donors (Lipinski definition) is 3. The van der Waals surface area contributed by atoms with Crippen molar-refractivity contribution in [1.82, 2.24) is 10.3 Å². The number of urea groups is 1. The minimum atomic E-state index is -0.543. The fourth-order valence-electron chi connectivity index (χ4n) is 1.18. The molecule has 84 valence electrons. The average molecular weight is 220 g/mol. The normalized spacial score (nSPS) is 9.56. The molecule has 0 radical (unpaired) electrons. The molecule has 0 bridgehead atoms. The van der Waals surface area contributed by atoms with E-state index >= 15 is 0 Å². The van der Waals surface area contributed by atoms with Gasteiger partial charge in [-0.25, -0.2) is 9.78 Å². The van der Waals surface area contributed by atoms with Crippen LogP contribution in [0.4, 0.5) is 10.6 Å². The van der Waals surface area contributed by atoms with E-state index in [1.54, 1.807) is 14.8 Å². The average Bonchev–Trinajstić information content (AvgIpc) is 2.21. The molecule has 4 N–H and O–H groups in total. The van der Waals surface area contributed by atoms with Crippen molar-refractivity contribution in [3.05, 3.63) is 17.8 Å². The molecule has 1 aromatic heterocycles. The van der Waals surface area contributed by atoms with Gasteiger partial charge >= 0.3 is 6.03 Å². The van der Waals surface area contributed by atoms with Crippen LogP contribution in [-0.2, 0) is 0 Å². The summed E-state index contributed by atoms with van der Waals surface area (Å²) in [6.45, 7) is 2.32. The summed E-state index contributed by atoms with van der Waals surface area (Å²) < 4.78 is 0. The van der Waals surface area contributed by atoms with Crippen molar-refractivity contribution in [1.29, 1.82) is 0 Å². The molecule has 0 aromatic carbocycles. The SMILES string of the molecule is Bc1cnc(NC(=O)NCC)cc1C(N)=O. The van der Waals surface area contributed by atoms with Gasteiger partial charge in [0.2, 0.25) is 5.91 Å². The van der Waals surface area contributed by atoms with Crippen molar-refractivity contribution in [2.75, 3.05) is 11.9 Å². The largest absolute Gasteiger partial charge is 0.366 e. The van der Waals surface area contributed by atoms with E-state index in [1.807, 2.05) is 0 Å². The summed E-state index contributed by atoms with van der Waals surface area (Å²) in [6, 6.07) is 1.08. The number of aromatic nitrogens is 1. The highest BCUT2D eigenvalue weighted by atomic mass is 16.2. The molecule has 16 heavy (non-hydrogen) atoms. The van der Waals surface area contributed by atoms with Crippen LogP contribution in [0.3, 0.4) is 0 Å². The first-order valence-electron chi connectivity index (χ1n) is 4.86. The number of nitrogens with one attached hydrogen (secondary N) is 2. The number of nitrogens with two attached hydrogens (primary N) is 1. The van der Waals surface area contributed by atoms with E-state index in [2.05, 4.69) is 15.6 Å². The Morgan fingerprint density at radius 3 is 2.81 bits per heavy atom. The van der Waals surface area contributed by atoms with Crippen LogP contribution in [0.1, 0.15) is 17.3 Å². The molecular weight excluding hydrogens is 207 g/mol. The number of nitrogens with zero attached hydrogens (tertiary/aromatic N) is 1. The van der Waals surface area contributed by atoms with E-state index < -0.39 is 5.91 Å². The summed E-state index contributed by atoms with van der Waals surface area (Å²) in [5.74, 6) is -0.246. The minimum absolute atomic E-state index is 0.297. The third kappa shape index (κ3) is 2.98. The zero-order valence-corrected chi connectivity index (χ0v) is 9.20. The van der Waals surface area contributed by atoms with E-state index in [0.717, 1.165) is 0 Å². The van der Waals surface area contributed by atoms with Crippen molar-refractivity contribution in [2.45, 2.75) is 6.92 Å². The van der Waals surface area contributed by atoms with Crippen LogP contribution in [0.15, 0.2) is 12.3 Å². The van der Waals surface area contributed by atoms with Gasteiger partial charge in [0.25, 0.3) is 0 Å². The number of rotatable bonds is 3. The van der Waals surface area contributed by atoms with Gasteiger partial charge in [-0.15, -0.1) is 0 Å². The second-order valence-electron chi connectivity index (χ2n) is 3.23. The summed E-state index contributed by atoms with van der Waals surface area (Å²) >= 11 is 0. The van der Waals surface area contributed by atoms with Gasteiger partial charge in [0.1, 0.15) is 13.7 Å². The minimum Gasteiger partial charge on any atom is -0.366 e. The molecular formula is C9H13BN4O2. The number of primary amides is 1. The molecule has 0 aliphatic rings. The molecule has 6 nitrogen and oxygen atoms in total. The van der Waals surface area contributed by atoms with Crippen LogP contribution in [0.5, 0.6) is 0 Å². The highest BCUT2D eigenvalue weighted by Gasteiger charge is 2.08. The zero-order chi connectivity index (χ0) is 12.1. The van der Waals surface area contributed by atoms with Crippen LogP contribution in [0.2, 0.25) is 0 Å². The van der Waals surface area contributed by atoms with Crippen LogP contribution < -0.4 is 21.8 Å². The standard InChI is InChI=1S/C9H13BN4O2/c1-2-12-9(16)14-7-3-5(8(11)15)6(10)4-13-7/h3-4H,2,10H2,1H3,(H2,11,15)(H2,12,13,14,16). The summed E-state index contributed by atoms with van der Waals surface area (Å²) in [5.41, 5.74) is 6.20. The fraction of sp³-hybridized carbons (Fsp3) is 0.222. The van der Waals surface area contributed by atoms with Crippen molar-refractivity contribution < 1.29 is 9.59 Å². The topological polar surface area (TPSA) is 97.1 Å². The Hall–Kier alpha value is -2.05. The molecule has 0 aliphatic heterocycles. The molecule has 0 fully saturated rings. The molecule has 0 atom stereocenters. The molecule has 1 heterocycles. The first-order chi connectivity index (χ1) is 7.54. The van der Waals surface area contributed by atoms with E-state index in [1.165, 1.54) is 12.3 Å². The Bertz CT molecular complexity index is 422. The lowest BCUT2D eigenvalue weighted by atomic mass is 9.92. The van der Waals surface area contributed by atoms with Crippen LogP contribution in [-0.4, -0.2) is 31.3 Å². The fourth-order valence-corrected chi connectivity index (χ4v) is 1.18. The Balaban J connectivity index is 2.87. The van der Waals surface area contributed by atoms with E-state index in [4.69, 9.17) is 5.73 Å². The number of carbonyl (C=O) groups is 2. The number of anilines is 1. The summed E-state index contributed by atoms with van der Waals surface area (Å²) in [7, 11) is 1.73. The second-order valence-corrected chi connectivity index (χ2v) is 3.23. The van der Waals surface area contributed by atoms with Crippen molar-refractivity contribution in [3.63, 3.8) is 0 Å². The van der Waals surface area contributed by atoms with Crippen molar-refractivity contribution in [2.24, 2.45) is 5.73 Å². The van der Waals surface area contributed by atoms with Crippen molar-refractivity contribution >= 4 is 31.1 Å². The first kappa shape index (κ1) is 12.0. The van der Waals surface area contributed by atoms with Crippen LogP contribution >= 0.6 is 0 Å². The lowest BCUT2D eigenvalue weighted by Gasteiger charge is -2.07. The highest BCUT2D eigenvalue weighted by Crippen LogP contribution is 2.03. The molecule has 0 saturated heterocycles. The predicted octanol–water partition coefficient (Wildman–Crippen LogP) is -1.42. The number of pyridine rings is 1. The molecule has 7 heteroatoms. The van der Waals surface area contributed by atoms with Crippen LogP contribution in [0, 0.1) is 0 Å². The summed E-state index contributed by atoms with van der Waals surface area (Å²) in [4.78, 5) is 26.2. The number of amides is 3. The van der Waals surface area contributed by atoms with Crippen LogP contribution in [0.25, 0.3) is 0 Å². The lowest BCUT2D eigenvalue weighted by Crippen LogP contribution is -2.29. The molecule has 0 saturated carbocycles. The van der Waals surface area contributed by atoms with E-state index in [0.29, 0.717) is 23.4 Å². The predicted molar refractivity (Wildman–Crippen MR) is 63.6 cm³/mol. The molecule has 0 spiro atoms. The quantitative estimate of drug-likeness (QED) is 0.545. The molecule has 3 amide bonds. The van der Waals surface area contributed by atoms with Gasteiger partial charge in [-0.05, 0) is 13.0 Å². The number of hydrogen-bond acceptors (Lipinski definition) is 3. The van der Waals surface area contributed by atoms with Gasteiger partial charge < -0.3 is 11.1 Å². The summed E-state index contributed by atoms with van der Waals surface area (Å²) in [5, 5.41) is 5.05. The Kier molecular flexibility index (Phi) is 3.87. The lowest BCUT2D eigenvalue weighted by molar-refractivity contribution is 0.100. The Morgan fingerprint density at radius 2 is 2.25 bits per heavy atom. The maximum absolute atomic E-state index is 11.2. The van der Waals surface area contributed by atoms with Gasteiger partial charge in [-0.3, -0.25) is 10.1 Å². The third-order valence-corrected chi connectivity index (χ3v) is 1.95. The zero-order valence-electron chi connectivity index (χ0n) is 9.20. The maximum Gasteiger partial charge on any atom is 0.320 e. The van der Waals surface area contributed by atoms with E-state index in [9.17, 15) is 9.59 Å². The number of carbonyl (C=O) groups excluding carboxylic acids is 2. The van der Waals surface area contributed by atoms with Crippen molar-refractivity contribution in [3.8, 4) is 0 Å². The molecule has 1 rings (SSSR count). The monoisotopic (exact) mass is 220 g/mol. The molecule has 0 aliphatic carbocycles. The second kappa shape index (κ2) is 5.15. The van der Waals surface area contributed by atoms with Gasteiger partial charge in [0, 0.05) is 18.3 Å². The Labute approximate surface area is 94.0 Å². The van der Waals surface area contributed by atoms with Gasteiger partial charge in [0.15, 0.2) is 0 Å². The van der Waals surface area contributed by atoms with Gasteiger partial charge in [-0.2, -0.15) is 0 Å².